The molecule has 4 heteroatoms. The fourth-order valence-corrected chi connectivity index (χ4v) is 16.1. The SMILES string of the molecule is C=c1cccc/c1=C/C=C(\C)c1c2cc(-c3ccc(P(=O)(c4ccccc4)c4ccccc4)cc3)ccc2c(-c2ccc3ccccc3c2)c2cc(-c3ccc(P(=O)(c4ccccc4)c4ccccc4)cc3)ccc12. The number of hydrogen-bond donors (Lipinski definition) is 0. The highest BCUT2D eigenvalue weighted by Crippen LogP contribution is 2.47. The van der Waals surface area contributed by atoms with Gasteiger partial charge in [0.1, 0.15) is 0 Å². The molecule has 0 atom stereocenters. The van der Waals surface area contributed by atoms with Gasteiger partial charge in [-0.3, -0.25) is 0 Å². The van der Waals surface area contributed by atoms with E-state index in [-0.39, 0.29) is 0 Å². The molecule has 75 heavy (non-hydrogen) atoms. The van der Waals surface area contributed by atoms with E-state index >= 15 is 9.13 Å². The van der Waals surface area contributed by atoms with Crippen molar-refractivity contribution in [3.8, 4) is 33.4 Å². The Morgan fingerprint density at radius 3 is 1.25 bits per heavy atom. The molecule has 0 heterocycles. The predicted molar refractivity (Wildman–Crippen MR) is 323 cm³/mol. The minimum atomic E-state index is -3.16. The number of benzene rings is 12. The van der Waals surface area contributed by atoms with E-state index in [0.29, 0.717) is 0 Å². The molecule has 0 N–H and O–H groups in total. The van der Waals surface area contributed by atoms with E-state index in [1.165, 1.54) is 10.8 Å². The Morgan fingerprint density at radius 1 is 0.347 bits per heavy atom. The first kappa shape index (κ1) is 47.4. The zero-order valence-corrected chi connectivity index (χ0v) is 43.3. The van der Waals surface area contributed by atoms with Gasteiger partial charge < -0.3 is 9.13 Å². The van der Waals surface area contributed by atoms with Gasteiger partial charge in [0.25, 0.3) is 0 Å². The first-order chi connectivity index (χ1) is 36.8. The van der Waals surface area contributed by atoms with E-state index in [1.807, 2.05) is 133 Å². The normalized spacial score (nSPS) is 12.4. The Kier molecular flexibility index (Phi) is 12.6. The second kappa shape index (κ2) is 20.0. The van der Waals surface area contributed by atoms with Gasteiger partial charge in [0, 0.05) is 31.8 Å². The Balaban J connectivity index is 1.06. The molecule has 12 aromatic carbocycles. The van der Waals surface area contributed by atoms with Crippen molar-refractivity contribution in [3.05, 3.63) is 295 Å². The molecule has 0 bridgehead atoms. The van der Waals surface area contributed by atoms with Gasteiger partial charge in [-0.1, -0.05) is 274 Å². The lowest BCUT2D eigenvalue weighted by Crippen LogP contribution is -2.24. The van der Waals surface area contributed by atoms with E-state index in [2.05, 4.69) is 165 Å². The number of fused-ring (bicyclic) bond motifs is 3. The van der Waals surface area contributed by atoms with Crippen molar-refractivity contribution in [2.24, 2.45) is 0 Å². The molecule has 0 fully saturated rings. The Labute approximate surface area is 438 Å². The Bertz CT molecular complexity index is 4250. The van der Waals surface area contributed by atoms with E-state index in [0.717, 1.165) is 108 Å². The van der Waals surface area contributed by atoms with Crippen LogP contribution in [-0.2, 0) is 9.13 Å². The van der Waals surface area contributed by atoms with Crippen LogP contribution in [0.3, 0.4) is 0 Å². The van der Waals surface area contributed by atoms with Crippen molar-refractivity contribution < 1.29 is 9.13 Å². The lowest BCUT2D eigenvalue weighted by Gasteiger charge is -2.21. The van der Waals surface area contributed by atoms with E-state index < -0.39 is 14.3 Å². The maximum atomic E-state index is 15.4. The molecule has 12 aromatic rings. The highest BCUT2D eigenvalue weighted by molar-refractivity contribution is 7.85. The van der Waals surface area contributed by atoms with Gasteiger partial charge in [-0.15, -0.1) is 0 Å². The molecule has 0 saturated heterocycles. The molecule has 0 aliphatic carbocycles. The molecule has 0 radical (unpaired) electrons. The summed E-state index contributed by atoms with van der Waals surface area (Å²) in [5, 5.41) is 13.8. The summed E-state index contributed by atoms with van der Waals surface area (Å²) < 4.78 is 30.8. The summed E-state index contributed by atoms with van der Waals surface area (Å²) in [5.74, 6) is 0. The van der Waals surface area contributed by atoms with Gasteiger partial charge in [0.15, 0.2) is 14.3 Å². The summed E-state index contributed by atoms with van der Waals surface area (Å²) in [6, 6.07) is 93.4. The molecule has 0 amide bonds. The van der Waals surface area contributed by atoms with Crippen LogP contribution in [-0.4, -0.2) is 0 Å². The van der Waals surface area contributed by atoms with Crippen LogP contribution in [0.15, 0.2) is 279 Å². The van der Waals surface area contributed by atoms with Crippen LogP contribution in [0, 0.1) is 0 Å². The maximum absolute atomic E-state index is 15.4. The lowest BCUT2D eigenvalue weighted by molar-refractivity contribution is 0.591. The third-order valence-electron chi connectivity index (χ3n) is 14.7. The smallest absolute Gasteiger partial charge is 0.171 e. The van der Waals surface area contributed by atoms with Crippen molar-refractivity contribution >= 4 is 96.7 Å². The first-order valence-corrected chi connectivity index (χ1v) is 28.8. The first-order valence-electron chi connectivity index (χ1n) is 25.4. The zero-order chi connectivity index (χ0) is 50.9. The highest BCUT2D eigenvalue weighted by atomic mass is 31.2. The van der Waals surface area contributed by atoms with Gasteiger partial charge in [0.05, 0.1) is 0 Å². The second-order valence-corrected chi connectivity index (χ2v) is 24.7. The van der Waals surface area contributed by atoms with Crippen molar-refractivity contribution in [2.75, 3.05) is 0 Å². The van der Waals surface area contributed by atoms with Crippen LogP contribution >= 0.6 is 14.3 Å². The minimum absolute atomic E-state index is 0.793. The molecule has 0 saturated carbocycles. The molecule has 0 aliphatic rings. The lowest BCUT2D eigenvalue weighted by atomic mass is 9.83. The topological polar surface area (TPSA) is 34.1 Å². The van der Waals surface area contributed by atoms with Gasteiger partial charge in [-0.05, 0) is 112 Å². The highest BCUT2D eigenvalue weighted by Gasteiger charge is 2.31. The summed E-state index contributed by atoms with van der Waals surface area (Å²) in [6.07, 6.45) is 4.40. The third kappa shape index (κ3) is 8.73. The fourth-order valence-electron chi connectivity index (χ4n) is 10.8. The van der Waals surface area contributed by atoms with Crippen LogP contribution in [0.5, 0.6) is 0 Å². The second-order valence-electron chi connectivity index (χ2n) is 19.2. The number of allylic oxidation sites excluding steroid dienone is 2. The molecule has 0 aromatic heterocycles. The number of hydrogen-bond acceptors (Lipinski definition) is 2. The average Bonchev–Trinajstić information content (AvgIpc) is 3.51. The predicted octanol–water partition coefficient (Wildman–Crippen LogP) is 14.7. The summed E-state index contributed by atoms with van der Waals surface area (Å²) in [4.78, 5) is 0. The Morgan fingerprint density at radius 2 is 0.747 bits per heavy atom. The molecule has 2 nitrogen and oxygen atoms in total. The maximum Gasteiger partial charge on any atom is 0.171 e. The molecule has 0 aliphatic heterocycles. The van der Waals surface area contributed by atoms with Crippen LogP contribution in [0.4, 0.5) is 0 Å². The van der Waals surface area contributed by atoms with Gasteiger partial charge in [-0.25, -0.2) is 0 Å². The van der Waals surface area contributed by atoms with E-state index in [1.54, 1.807) is 0 Å². The molecule has 358 valence electrons. The molecule has 0 spiro atoms. The number of rotatable bonds is 11. The van der Waals surface area contributed by atoms with Crippen LogP contribution in [0.2, 0.25) is 0 Å². The average molecular weight is 999 g/mol. The van der Waals surface area contributed by atoms with Crippen LogP contribution < -0.4 is 42.3 Å². The summed E-state index contributed by atoms with van der Waals surface area (Å²) in [6.45, 7) is 6.54. The molecule has 0 unspecified atom stereocenters. The van der Waals surface area contributed by atoms with Crippen LogP contribution in [0.1, 0.15) is 12.5 Å². The summed E-state index contributed by atoms with van der Waals surface area (Å²) >= 11 is 0. The quantitative estimate of drug-likeness (QED) is 0.0956. The summed E-state index contributed by atoms with van der Waals surface area (Å²) in [5.41, 5.74) is 8.74. The summed E-state index contributed by atoms with van der Waals surface area (Å²) in [7, 11) is -6.32. The van der Waals surface area contributed by atoms with Gasteiger partial charge in [0.2, 0.25) is 0 Å². The van der Waals surface area contributed by atoms with E-state index in [4.69, 9.17) is 0 Å². The van der Waals surface area contributed by atoms with Crippen LogP contribution in [0.25, 0.3) is 83.9 Å². The van der Waals surface area contributed by atoms with E-state index in [9.17, 15) is 0 Å². The van der Waals surface area contributed by atoms with Gasteiger partial charge >= 0.3 is 0 Å². The zero-order valence-electron chi connectivity index (χ0n) is 41.6. The molecule has 12 rings (SSSR count). The largest absolute Gasteiger partial charge is 0.309 e. The molecular weight excluding hydrogens is 947 g/mol. The van der Waals surface area contributed by atoms with Crippen molar-refractivity contribution in [2.45, 2.75) is 6.92 Å². The van der Waals surface area contributed by atoms with Crippen molar-refractivity contribution in [1.29, 1.82) is 0 Å². The molecular formula is C71H52O2P2. The third-order valence-corrected chi connectivity index (χ3v) is 20.9. The van der Waals surface area contributed by atoms with Gasteiger partial charge in [-0.2, -0.15) is 0 Å². The monoisotopic (exact) mass is 998 g/mol. The Hall–Kier alpha value is -8.64. The van der Waals surface area contributed by atoms with Crippen molar-refractivity contribution in [3.63, 3.8) is 0 Å². The minimum Gasteiger partial charge on any atom is -0.309 e. The standard InChI is InChI=1S/C71H52O2P2/c1-50-19-15-16-20-52(50)32-31-51(2)70-66-45-39-58(55-37-43-65(44-38-55)75(73,62-27-11-5-12-28-62)63-29-13-6-14-30-63)49-69(66)71(59-34-33-53-21-17-18-22-56(53)47-59)67-46-40-57(48-68(67)70)54-35-41-64(42-36-54)74(72,60-23-7-3-8-24-60)61-25-9-4-10-26-61/h3-49H,1H2,2H3/b51-31+,52-32-. The van der Waals surface area contributed by atoms with Crippen molar-refractivity contribution in [1.82, 2.24) is 0 Å². The fraction of sp³-hybridized carbons (Fsp3) is 0.0141.